The Morgan fingerprint density at radius 1 is 0.889 bits per heavy atom. The van der Waals surface area contributed by atoms with Gasteiger partial charge in [0.2, 0.25) is 0 Å². The molecule has 0 spiro atoms. The van der Waals surface area contributed by atoms with Gasteiger partial charge >= 0.3 is 0 Å². The van der Waals surface area contributed by atoms with Crippen molar-refractivity contribution in [2.75, 3.05) is 0 Å². The zero-order valence-electron chi connectivity index (χ0n) is 9.74. The molecule has 0 bridgehead atoms. The third-order valence-corrected chi connectivity index (χ3v) is 3.56. The van der Waals surface area contributed by atoms with Crippen molar-refractivity contribution in [3.05, 3.63) is 71.1 Å². The van der Waals surface area contributed by atoms with Crippen LogP contribution in [0.25, 0.3) is 16.8 Å². The molecule has 1 heterocycles. The van der Waals surface area contributed by atoms with E-state index in [0.717, 1.165) is 11.1 Å². The molecule has 2 aromatic carbocycles. The van der Waals surface area contributed by atoms with E-state index in [2.05, 4.69) is 29.6 Å². The van der Waals surface area contributed by atoms with Gasteiger partial charge in [0.25, 0.3) is 0 Å². The van der Waals surface area contributed by atoms with Gasteiger partial charge in [-0.25, -0.2) is 0 Å². The van der Waals surface area contributed by atoms with Gasteiger partial charge in [-0.3, -0.25) is 0 Å². The normalized spacial score (nSPS) is 11.1. The summed E-state index contributed by atoms with van der Waals surface area (Å²) in [5.74, 6) is 0.890. The molecular weight excluding hydrogens is 240 g/mol. The van der Waals surface area contributed by atoms with E-state index in [-0.39, 0.29) is 0 Å². The predicted octanol–water partition coefficient (Wildman–Crippen LogP) is 4.95. The van der Waals surface area contributed by atoms with Crippen LogP contribution >= 0.6 is 11.3 Å². The SMILES string of the molecule is C(=Cc1cccs1)Oc1cccc2ccccc12. The van der Waals surface area contributed by atoms with Gasteiger partial charge in [-0.1, -0.05) is 42.5 Å². The van der Waals surface area contributed by atoms with Crippen molar-refractivity contribution in [1.82, 2.24) is 0 Å². The van der Waals surface area contributed by atoms with Crippen LogP contribution in [0.5, 0.6) is 5.75 Å². The maximum Gasteiger partial charge on any atom is 0.134 e. The van der Waals surface area contributed by atoms with Crippen molar-refractivity contribution >= 4 is 28.2 Å². The van der Waals surface area contributed by atoms with Crippen molar-refractivity contribution < 1.29 is 4.74 Å². The molecule has 0 fully saturated rings. The van der Waals surface area contributed by atoms with Gasteiger partial charge in [0.15, 0.2) is 0 Å². The summed E-state index contributed by atoms with van der Waals surface area (Å²) in [6, 6.07) is 18.4. The Balaban J connectivity index is 1.87. The highest BCUT2D eigenvalue weighted by Crippen LogP contribution is 2.25. The molecule has 0 atom stereocenters. The number of hydrogen-bond donors (Lipinski definition) is 0. The number of benzene rings is 2. The third-order valence-electron chi connectivity index (χ3n) is 2.72. The number of fused-ring (bicyclic) bond motifs is 1. The Hall–Kier alpha value is -2.06. The van der Waals surface area contributed by atoms with E-state index in [0.29, 0.717) is 0 Å². The molecule has 1 nitrogen and oxygen atoms in total. The second kappa shape index (κ2) is 5.07. The van der Waals surface area contributed by atoms with E-state index in [1.807, 2.05) is 36.4 Å². The largest absolute Gasteiger partial charge is 0.464 e. The smallest absolute Gasteiger partial charge is 0.134 e. The fraction of sp³-hybridized carbons (Fsp3) is 0. The summed E-state index contributed by atoms with van der Waals surface area (Å²) in [4.78, 5) is 1.19. The van der Waals surface area contributed by atoms with Crippen LogP contribution in [0.15, 0.2) is 66.2 Å². The van der Waals surface area contributed by atoms with Crippen LogP contribution in [0.4, 0.5) is 0 Å². The molecule has 0 radical (unpaired) electrons. The first-order valence-electron chi connectivity index (χ1n) is 5.78. The van der Waals surface area contributed by atoms with Gasteiger partial charge < -0.3 is 4.74 Å². The molecule has 2 heteroatoms. The first kappa shape index (κ1) is 11.1. The van der Waals surface area contributed by atoms with Gasteiger partial charge in [-0.15, -0.1) is 11.3 Å². The molecular formula is C16H12OS. The maximum atomic E-state index is 5.72. The molecule has 0 saturated heterocycles. The zero-order chi connectivity index (χ0) is 12.2. The van der Waals surface area contributed by atoms with E-state index < -0.39 is 0 Å². The molecule has 0 unspecified atom stereocenters. The Kier molecular flexibility index (Phi) is 3.11. The minimum absolute atomic E-state index is 0.890. The minimum Gasteiger partial charge on any atom is -0.464 e. The second-order valence-corrected chi connectivity index (χ2v) is 4.89. The summed E-state index contributed by atoms with van der Waals surface area (Å²) < 4.78 is 5.72. The van der Waals surface area contributed by atoms with Gasteiger partial charge in [-0.2, -0.15) is 0 Å². The molecule has 1 aromatic heterocycles. The van der Waals surface area contributed by atoms with Crippen LogP contribution in [-0.4, -0.2) is 0 Å². The number of hydrogen-bond acceptors (Lipinski definition) is 2. The highest BCUT2D eigenvalue weighted by molar-refractivity contribution is 7.10. The van der Waals surface area contributed by atoms with E-state index in [4.69, 9.17) is 4.74 Å². The standard InChI is InChI=1S/C16H12OS/c1-2-8-15-13(5-1)6-3-9-16(15)17-11-10-14-7-4-12-18-14/h1-12H. The van der Waals surface area contributed by atoms with E-state index >= 15 is 0 Å². The van der Waals surface area contributed by atoms with Crippen molar-refractivity contribution in [3.63, 3.8) is 0 Å². The highest BCUT2D eigenvalue weighted by Gasteiger charge is 1.98. The lowest BCUT2D eigenvalue weighted by Crippen LogP contribution is -1.83. The van der Waals surface area contributed by atoms with Crippen molar-refractivity contribution in [3.8, 4) is 5.75 Å². The average molecular weight is 252 g/mol. The molecule has 3 aromatic rings. The van der Waals surface area contributed by atoms with Crippen LogP contribution in [0, 0.1) is 0 Å². The molecule has 0 aliphatic heterocycles. The molecule has 3 rings (SSSR count). The average Bonchev–Trinajstić information content (AvgIpc) is 2.92. The fourth-order valence-electron chi connectivity index (χ4n) is 1.86. The summed E-state index contributed by atoms with van der Waals surface area (Å²) in [5, 5.41) is 4.38. The predicted molar refractivity (Wildman–Crippen MR) is 77.9 cm³/mol. The Morgan fingerprint density at radius 2 is 1.78 bits per heavy atom. The second-order valence-electron chi connectivity index (χ2n) is 3.91. The molecule has 0 aliphatic rings. The Labute approximate surface area is 110 Å². The third kappa shape index (κ3) is 2.29. The maximum absolute atomic E-state index is 5.72. The summed E-state index contributed by atoms with van der Waals surface area (Å²) >= 11 is 1.69. The number of ether oxygens (including phenoxy) is 1. The molecule has 88 valence electrons. The minimum atomic E-state index is 0.890. The van der Waals surface area contributed by atoms with Crippen LogP contribution < -0.4 is 4.74 Å². The van der Waals surface area contributed by atoms with Gasteiger partial charge in [-0.05, 0) is 29.0 Å². The van der Waals surface area contributed by atoms with E-state index in [9.17, 15) is 0 Å². The molecule has 0 N–H and O–H groups in total. The molecule has 0 aliphatic carbocycles. The van der Waals surface area contributed by atoms with Gasteiger partial charge in [0.1, 0.15) is 5.75 Å². The first-order chi connectivity index (χ1) is 8.93. The molecule has 18 heavy (non-hydrogen) atoms. The van der Waals surface area contributed by atoms with Crippen LogP contribution in [-0.2, 0) is 0 Å². The Bertz CT molecular complexity index is 663. The highest BCUT2D eigenvalue weighted by atomic mass is 32.1. The summed E-state index contributed by atoms with van der Waals surface area (Å²) in [5.41, 5.74) is 0. The van der Waals surface area contributed by atoms with Crippen molar-refractivity contribution in [1.29, 1.82) is 0 Å². The summed E-state index contributed by atoms with van der Waals surface area (Å²) in [6.07, 6.45) is 3.72. The summed E-state index contributed by atoms with van der Waals surface area (Å²) in [6.45, 7) is 0. The zero-order valence-corrected chi connectivity index (χ0v) is 10.6. The Morgan fingerprint density at radius 3 is 2.67 bits per heavy atom. The molecule has 0 amide bonds. The topological polar surface area (TPSA) is 9.23 Å². The van der Waals surface area contributed by atoms with Crippen LogP contribution in [0.3, 0.4) is 0 Å². The fourth-order valence-corrected chi connectivity index (χ4v) is 2.46. The first-order valence-corrected chi connectivity index (χ1v) is 6.66. The summed E-state index contributed by atoms with van der Waals surface area (Å²) in [7, 11) is 0. The lowest BCUT2D eigenvalue weighted by molar-refractivity contribution is 0.491. The van der Waals surface area contributed by atoms with E-state index in [1.165, 1.54) is 10.3 Å². The van der Waals surface area contributed by atoms with E-state index in [1.54, 1.807) is 17.6 Å². The van der Waals surface area contributed by atoms with Gasteiger partial charge in [0.05, 0.1) is 6.26 Å². The quantitative estimate of drug-likeness (QED) is 0.599. The van der Waals surface area contributed by atoms with Crippen molar-refractivity contribution in [2.24, 2.45) is 0 Å². The van der Waals surface area contributed by atoms with Crippen molar-refractivity contribution in [2.45, 2.75) is 0 Å². The van der Waals surface area contributed by atoms with Crippen LogP contribution in [0.2, 0.25) is 0 Å². The monoisotopic (exact) mass is 252 g/mol. The molecule has 0 saturated carbocycles. The van der Waals surface area contributed by atoms with Crippen LogP contribution in [0.1, 0.15) is 4.88 Å². The number of thiophene rings is 1. The van der Waals surface area contributed by atoms with Gasteiger partial charge in [0, 0.05) is 10.3 Å². The number of rotatable bonds is 3. The lowest BCUT2D eigenvalue weighted by Gasteiger charge is -2.04. The lowest BCUT2D eigenvalue weighted by atomic mass is 10.1.